The molecular weight excluding hydrogens is 350 g/mol. The van der Waals surface area contributed by atoms with Crippen molar-refractivity contribution in [1.82, 2.24) is 4.90 Å². The van der Waals surface area contributed by atoms with E-state index >= 15 is 0 Å². The Morgan fingerprint density at radius 1 is 1.11 bits per heavy atom. The molecule has 1 heterocycles. The van der Waals surface area contributed by atoms with Crippen molar-refractivity contribution in [3.8, 4) is 0 Å². The van der Waals surface area contributed by atoms with Gasteiger partial charge in [-0.3, -0.25) is 0 Å². The van der Waals surface area contributed by atoms with Crippen LogP contribution in [-0.2, 0) is 0 Å². The van der Waals surface area contributed by atoms with E-state index in [0.717, 1.165) is 40.9 Å². The lowest BCUT2D eigenvalue weighted by Gasteiger charge is -2.34. The van der Waals surface area contributed by atoms with Crippen molar-refractivity contribution in [1.29, 1.82) is 0 Å². The van der Waals surface area contributed by atoms with Gasteiger partial charge in [0, 0.05) is 38.6 Å². The maximum atomic E-state index is 12.8. The van der Waals surface area contributed by atoms with Crippen molar-refractivity contribution in [3.05, 3.63) is 59.2 Å². The third kappa shape index (κ3) is 4.47. The van der Waals surface area contributed by atoms with Crippen molar-refractivity contribution in [3.63, 3.8) is 0 Å². The second-order valence-corrected chi connectivity index (χ2v) is 7.96. The van der Waals surface area contributed by atoms with E-state index in [0.29, 0.717) is 13.1 Å². The number of nitrogens with one attached hydrogen (secondary N) is 1. The maximum absolute atomic E-state index is 12.8. The molecule has 0 saturated carbocycles. The zero-order valence-corrected chi connectivity index (χ0v) is 17.3. The molecular formula is C23H31N3O2. The minimum absolute atomic E-state index is 0.0588. The van der Waals surface area contributed by atoms with E-state index in [1.165, 1.54) is 0 Å². The largest absolute Gasteiger partial charge is 0.388 e. The number of likely N-dealkylation sites (tertiary alicyclic amines) is 1. The van der Waals surface area contributed by atoms with Crippen molar-refractivity contribution < 1.29 is 9.90 Å². The Morgan fingerprint density at radius 3 is 2.21 bits per heavy atom. The second-order valence-electron chi connectivity index (χ2n) is 7.96. The Kier molecular flexibility index (Phi) is 6.25. The summed E-state index contributed by atoms with van der Waals surface area (Å²) in [5.74, 6) is 0.189. The number of aliphatic hydroxyl groups is 1. The maximum Gasteiger partial charge on any atom is 0.321 e. The van der Waals surface area contributed by atoms with Gasteiger partial charge in [0.1, 0.15) is 0 Å². The van der Waals surface area contributed by atoms with Crippen LogP contribution in [0.2, 0.25) is 0 Å². The molecule has 1 saturated heterocycles. The summed E-state index contributed by atoms with van der Waals surface area (Å²) in [5.41, 5.74) is 5.10. The van der Waals surface area contributed by atoms with E-state index in [2.05, 4.69) is 22.3 Å². The Hall–Kier alpha value is -2.53. The molecule has 150 valence electrons. The number of nitrogens with zero attached hydrogens (tertiary/aromatic N) is 2. The van der Waals surface area contributed by atoms with Crippen LogP contribution in [0.25, 0.3) is 0 Å². The zero-order valence-electron chi connectivity index (χ0n) is 17.3. The van der Waals surface area contributed by atoms with Crippen LogP contribution in [0.15, 0.2) is 42.5 Å². The van der Waals surface area contributed by atoms with E-state index in [1.807, 2.05) is 63.2 Å². The average Bonchev–Trinajstić information content (AvgIpc) is 2.70. The van der Waals surface area contributed by atoms with Gasteiger partial charge in [-0.15, -0.1) is 0 Å². The highest BCUT2D eigenvalue weighted by Gasteiger charge is 2.28. The van der Waals surface area contributed by atoms with Crippen LogP contribution >= 0.6 is 0 Å². The van der Waals surface area contributed by atoms with E-state index in [1.54, 1.807) is 0 Å². The summed E-state index contributed by atoms with van der Waals surface area (Å²) in [4.78, 5) is 16.7. The normalized spacial score (nSPS) is 16.0. The van der Waals surface area contributed by atoms with Crippen LogP contribution < -0.4 is 10.2 Å². The molecule has 28 heavy (non-hydrogen) atoms. The predicted molar refractivity (Wildman–Crippen MR) is 115 cm³/mol. The van der Waals surface area contributed by atoms with Gasteiger partial charge in [0.2, 0.25) is 0 Å². The van der Waals surface area contributed by atoms with Gasteiger partial charge in [0.25, 0.3) is 0 Å². The van der Waals surface area contributed by atoms with Crippen LogP contribution in [0.5, 0.6) is 0 Å². The highest BCUT2D eigenvalue weighted by Crippen LogP contribution is 2.31. The molecule has 3 rings (SSSR count). The lowest BCUT2D eigenvalue weighted by atomic mass is 9.87. The molecule has 1 fully saturated rings. The van der Waals surface area contributed by atoms with Crippen LogP contribution in [0, 0.1) is 19.8 Å². The molecule has 1 unspecified atom stereocenters. The first-order valence-corrected chi connectivity index (χ1v) is 9.94. The Morgan fingerprint density at radius 2 is 1.68 bits per heavy atom. The Labute approximate surface area is 168 Å². The first kappa shape index (κ1) is 20.2. The third-order valence-corrected chi connectivity index (χ3v) is 5.68. The summed E-state index contributed by atoms with van der Waals surface area (Å²) in [7, 11) is 4.03. The number of aryl methyl sites for hydroxylation is 2. The number of hydrogen-bond donors (Lipinski definition) is 2. The third-order valence-electron chi connectivity index (χ3n) is 5.68. The Balaban J connectivity index is 1.60. The lowest BCUT2D eigenvalue weighted by Crippen LogP contribution is -2.42. The SMILES string of the molecule is Cc1cc(N(C)C)cc(C)c1NC(=O)N1CCC(C(O)c2ccccc2)CC1. The van der Waals surface area contributed by atoms with Gasteiger partial charge in [0.15, 0.2) is 0 Å². The average molecular weight is 382 g/mol. The van der Waals surface area contributed by atoms with E-state index < -0.39 is 6.10 Å². The standard InChI is InChI=1S/C23H31N3O2/c1-16-14-20(25(3)4)15-17(2)21(16)24-23(28)26-12-10-19(11-13-26)22(27)18-8-6-5-7-9-18/h5-9,14-15,19,22,27H,10-13H2,1-4H3,(H,24,28). The fourth-order valence-corrected chi connectivity index (χ4v) is 3.92. The molecule has 1 aliphatic heterocycles. The number of carbonyl (C=O) groups excluding carboxylic acids is 1. The molecule has 5 nitrogen and oxygen atoms in total. The number of hydrogen-bond acceptors (Lipinski definition) is 3. The first-order chi connectivity index (χ1) is 13.4. The zero-order chi connectivity index (χ0) is 20.3. The molecule has 2 aromatic rings. The van der Waals surface area contributed by atoms with Gasteiger partial charge in [0.05, 0.1) is 6.10 Å². The Bertz CT molecular complexity index is 789. The molecule has 2 amide bonds. The molecule has 1 aliphatic rings. The molecule has 0 aliphatic carbocycles. The number of urea groups is 1. The second kappa shape index (κ2) is 8.65. The molecule has 2 aromatic carbocycles. The molecule has 0 spiro atoms. The van der Waals surface area contributed by atoms with Gasteiger partial charge >= 0.3 is 6.03 Å². The smallest absolute Gasteiger partial charge is 0.321 e. The summed E-state index contributed by atoms with van der Waals surface area (Å²) < 4.78 is 0. The van der Waals surface area contributed by atoms with Crippen LogP contribution in [0.4, 0.5) is 16.2 Å². The molecule has 5 heteroatoms. The summed E-state index contributed by atoms with van der Waals surface area (Å²) in [6.45, 7) is 5.37. The minimum atomic E-state index is -0.463. The number of rotatable bonds is 4. The van der Waals surface area contributed by atoms with Crippen molar-refractivity contribution in [2.24, 2.45) is 5.92 Å². The fraction of sp³-hybridized carbons (Fsp3) is 0.435. The van der Waals surface area contributed by atoms with Gasteiger partial charge in [-0.25, -0.2) is 4.79 Å². The number of carbonyl (C=O) groups is 1. The lowest BCUT2D eigenvalue weighted by molar-refractivity contribution is 0.0683. The number of anilines is 2. The van der Waals surface area contributed by atoms with Crippen LogP contribution in [0.3, 0.4) is 0 Å². The van der Waals surface area contributed by atoms with Crippen LogP contribution in [-0.4, -0.2) is 43.2 Å². The van der Waals surface area contributed by atoms with Crippen molar-refractivity contribution in [2.45, 2.75) is 32.8 Å². The van der Waals surface area contributed by atoms with E-state index in [4.69, 9.17) is 0 Å². The number of benzene rings is 2. The topological polar surface area (TPSA) is 55.8 Å². The first-order valence-electron chi connectivity index (χ1n) is 9.94. The van der Waals surface area contributed by atoms with Gasteiger partial charge < -0.3 is 20.2 Å². The van der Waals surface area contributed by atoms with Gasteiger partial charge in [-0.1, -0.05) is 30.3 Å². The summed E-state index contributed by atoms with van der Waals surface area (Å²) >= 11 is 0. The summed E-state index contributed by atoms with van der Waals surface area (Å²) in [5, 5.41) is 13.7. The number of amides is 2. The van der Waals surface area contributed by atoms with Crippen molar-refractivity contribution in [2.75, 3.05) is 37.4 Å². The monoisotopic (exact) mass is 381 g/mol. The van der Waals surface area contributed by atoms with Crippen LogP contribution in [0.1, 0.15) is 35.6 Å². The molecule has 1 atom stereocenters. The molecule has 0 bridgehead atoms. The highest BCUT2D eigenvalue weighted by atomic mass is 16.3. The summed E-state index contributed by atoms with van der Waals surface area (Å²) in [6.07, 6.45) is 1.15. The predicted octanol–water partition coefficient (Wildman–Crippen LogP) is 4.35. The minimum Gasteiger partial charge on any atom is -0.388 e. The summed E-state index contributed by atoms with van der Waals surface area (Å²) in [6, 6.07) is 13.9. The van der Waals surface area contributed by atoms with E-state index in [9.17, 15) is 9.90 Å². The van der Waals surface area contributed by atoms with Crippen molar-refractivity contribution >= 4 is 17.4 Å². The quantitative estimate of drug-likeness (QED) is 0.828. The fourth-order valence-electron chi connectivity index (χ4n) is 3.92. The van der Waals surface area contributed by atoms with Gasteiger partial charge in [-0.05, 0) is 61.4 Å². The highest BCUT2D eigenvalue weighted by molar-refractivity contribution is 5.91. The number of piperidine rings is 1. The van der Waals surface area contributed by atoms with Gasteiger partial charge in [-0.2, -0.15) is 0 Å². The molecule has 2 N–H and O–H groups in total. The van der Waals surface area contributed by atoms with E-state index in [-0.39, 0.29) is 11.9 Å². The molecule has 0 aromatic heterocycles. The molecule has 0 radical (unpaired) electrons. The number of aliphatic hydroxyl groups excluding tert-OH is 1.